The topological polar surface area (TPSA) is 97.1 Å². The molecule has 1 aromatic heterocycles. The summed E-state index contributed by atoms with van der Waals surface area (Å²) in [6, 6.07) is 5.32. The number of rotatable bonds is 6. The first-order valence-corrected chi connectivity index (χ1v) is 6.54. The van der Waals surface area contributed by atoms with E-state index in [4.69, 9.17) is 11.6 Å². The molecule has 0 aliphatic heterocycles. The van der Waals surface area contributed by atoms with Crippen LogP contribution in [0, 0.1) is 0 Å². The van der Waals surface area contributed by atoms with Gasteiger partial charge in [-0.05, 0) is 6.07 Å². The lowest BCUT2D eigenvalue weighted by atomic mass is 10.1. The molecule has 0 fully saturated rings. The molecule has 110 valence electrons. The van der Waals surface area contributed by atoms with Crippen LogP contribution in [-0.2, 0) is 16.1 Å². The van der Waals surface area contributed by atoms with E-state index in [1.165, 1.54) is 17.3 Å². The van der Waals surface area contributed by atoms with Gasteiger partial charge in [0.15, 0.2) is 6.04 Å². The van der Waals surface area contributed by atoms with E-state index in [1.807, 2.05) is 0 Å². The summed E-state index contributed by atoms with van der Waals surface area (Å²) >= 11 is 5.97. The molecule has 1 heterocycles. The molecule has 2 N–H and O–H groups in total. The number of carbonyl (C=O) groups excluding carboxylic acids is 1. The zero-order chi connectivity index (χ0) is 15.2. The first-order chi connectivity index (χ1) is 10.1. The predicted molar refractivity (Wildman–Crippen MR) is 74.6 cm³/mol. The smallest absolute Gasteiger partial charge is 0.330 e. The molecule has 0 saturated carbocycles. The third-order valence-corrected chi connectivity index (χ3v) is 3.15. The Kier molecular flexibility index (Phi) is 4.89. The monoisotopic (exact) mass is 308 g/mol. The number of hydrogen-bond acceptors (Lipinski definition) is 4. The lowest BCUT2D eigenvalue weighted by molar-refractivity contribution is -0.142. The molecule has 8 heteroatoms. The van der Waals surface area contributed by atoms with Crippen LogP contribution < -0.4 is 5.32 Å². The molecule has 0 spiro atoms. The highest BCUT2D eigenvalue weighted by Gasteiger charge is 2.23. The number of halogens is 1. The zero-order valence-corrected chi connectivity index (χ0v) is 11.7. The van der Waals surface area contributed by atoms with E-state index < -0.39 is 17.9 Å². The van der Waals surface area contributed by atoms with Gasteiger partial charge in [0.1, 0.15) is 12.7 Å². The summed E-state index contributed by atoms with van der Waals surface area (Å²) in [7, 11) is 0. The average Bonchev–Trinajstić information content (AvgIpc) is 2.96. The van der Waals surface area contributed by atoms with Gasteiger partial charge in [-0.1, -0.05) is 29.8 Å². The maximum atomic E-state index is 11.9. The number of benzene rings is 1. The number of carboxylic acid groups (broad SMARTS) is 1. The number of carboxylic acids is 1. The number of aryl methyl sites for hydroxylation is 1. The third-order valence-electron chi connectivity index (χ3n) is 2.80. The molecule has 0 aliphatic rings. The van der Waals surface area contributed by atoms with Gasteiger partial charge in [-0.15, -0.1) is 0 Å². The summed E-state index contributed by atoms with van der Waals surface area (Å²) in [5.41, 5.74) is 0.348. The molecular formula is C13H13ClN4O3. The first-order valence-electron chi connectivity index (χ1n) is 6.17. The van der Waals surface area contributed by atoms with Crippen molar-refractivity contribution in [2.45, 2.75) is 19.0 Å². The molecule has 0 bridgehead atoms. The van der Waals surface area contributed by atoms with E-state index in [1.54, 1.807) is 24.3 Å². The Morgan fingerprint density at radius 2 is 2.14 bits per heavy atom. The van der Waals surface area contributed by atoms with Gasteiger partial charge < -0.3 is 10.4 Å². The lowest BCUT2D eigenvalue weighted by Gasteiger charge is -2.16. The Bertz CT molecular complexity index is 630. The molecule has 2 rings (SSSR count). The van der Waals surface area contributed by atoms with Gasteiger partial charge in [0, 0.05) is 17.0 Å². The molecule has 0 aliphatic carbocycles. The highest BCUT2D eigenvalue weighted by atomic mass is 35.5. The number of amides is 1. The molecule has 0 unspecified atom stereocenters. The summed E-state index contributed by atoms with van der Waals surface area (Å²) in [4.78, 5) is 26.9. The summed E-state index contributed by atoms with van der Waals surface area (Å²) in [6.45, 7) is 0.320. The van der Waals surface area contributed by atoms with Crippen molar-refractivity contribution < 1.29 is 14.7 Å². The van der Waals surface area contributed by atoms with Crippen molar-refractivity contribution in [2.24, 2.45) is 0 Å². The second-order valence-electron chi connectivity index (χ2n) is 4.27. The number of nitrogens with zero attached hydrogens (tertiary/aromatic N) is 3. The maximum absolute atomic E-state index is 11.9. The normalized spacial score (nSPS) is 11.9. The minimum Gasteiger partial charge on any atom is -0.479 e. The molecule has 1 aromatic carbocycles. The van der Waals surface area contributed by atoms with Gasteiger partial charge in [-0.2, -0.15) is 5.10 Å². The molecule has 1 atom stereocenters. The number of carbonyl (C=O) groups is 2. The van der Waals surface area contributed by atoms with E-state index in [0.29, 0.717) is 17.1 Å². The maximum Gasteiger partial charge on any atom is 0.330 e. The second-order valence-corrected chi connectivity index (χ2v) is 4.68. The summed E-state index contributed by atoms with van der Waals surface area (Å²) in [5, 5.41) is 15.9. The average molecular weight is 309 g/mol. The summed E-state index contributed by atoms with van der Waals surface area (Å²) in [5.74, 6) is -1.57. The molecule has 2 aromatic rings. The van der Waals surface area contributed by atoms with E-state index in [-0.39, 0.29) is 6.42 Å². The minimum absolute atomic E-state index is 0.0948. The van der Waals surface area contributed by atoms with Crippen molar-refractivity contribution in [1.29, 1.82) is 0 Å². The number of nitrogens with one attached hydrogen (secondary N) is 1. The van der Waals surface area contributed by atoms with E-state index in [9.17, 15) is 14.7 Å². The predicted octanol–water partition coefficient (Wildman–Crippen LogP) is 1.26. The standard InChI is InChI=1S/C13H13ClN4O3/c14-10-4-2-1-3-9(10)12(13(20)21)17-11(19)5-6-18-8-15-7-16-18/h1-4,7-8,12H,5-6H2,(H,17,19)(H,20,21)/t12-/m1/s1. The van der Waals surface area contributed by atoms with Crippen LogP contribution in [-0.4, -0.2) is 31.7 Å². The third kappa shape index (κ3) is 4.03. The van der Waals surface area contributed by atoms with Crippen molar-refractivity contribution >= 4 is 23.5 Å². The van der Waals surface area contributed by atoms with Crippen LogP contribution in [0.15, 0.2) is 36.9 Å². The molecular weight excluding hydrogens is 296 g/mol. The van der Waals surface area contributed by atoms with Crippen LogP contribution in [0.1, 0.15) is 18.0 Å². The lowest BCUT2D eigenvalue weighted by Crippen LogP contribution is -2.34. The van der Waals surface area contributed by atoms with Crippen LogP contribution in [0.4, 0.5) is 0 Å². The van der Waals surface area contributed by atoms with E-state index in [2.05, 4.69) is 15.4 Å². The van der Waals surface area contributed by atoms with Crippen LogP contribution in [0.25, 0.3) is 0 Å². The van der Waals surface area contributed by atoms with Crippen molar-refractivity contribution in [3.05, 3.63) is 47.5 Å². The van der Waals surface area contributed by atoms with Crippen LogP contribution in [0.3, 0.4) is 0 Å². The molecule has 0 saturated heterocycles. The Morgan fingerprint density at radius 1 is 1.38 bits per heavy atom. The largest absolute Gasteiger partial charge is 0.479 e. The van der Waals surface area contributed by atoms with Crippen LogP contribution in [0.5, 0.6) is 0 Å². The Morgan fingerprint density at radius 3 is 2.76 bits per heavy atom. The molecule has 21 heavy (non-hydrogen) atoms. The fourth-order valence-corrected chi connectivity index (χ4v) is 2.02. The van der Waals surface area contributed by atoms with Crippen molar-refractivity contribution in [2.75, 3.05) is 0 Å². The Balaban J connectivity index is 2.01. The van der Waals surface area contributed by atoms with Gasteiger partial charge in [-0.25, -0.2) is 9.78 Å². The van der Waals surface area contributed by atoms with Crippen molar-refractivity contribution in [1.82, 2.24) is 20.1 Å². The summed E-state index contributed by atoms with van der Waals surface area (Å²) in [6.07, 6.45) is 2.94. The number of hydrogen-bond donors (Lipinski definition) is 2. The fraction of sp³-hybridized carbons (Fsp3) is 0.231. The van der Waals surface area contributed by atoms with Gasteiger partial charge in [0.2, 0.25) is 5.91 Å². The minimum atomic E-state index is -1.18. The van der Waals surface area contributed by atoms with Crippen molar-refractivity contribution in [3.8, 4) is 0 Å². The highest BCUT2D eigenvalue weighted by molar-refractivity contribution is 6.31. The Labute approximate surface area is 125 Å². The van der Waals surface area contributed by atoms with Gasteiger partial charge in [-0.3, -0.25) is 9.48 Å². The quantitative estimate of drug-likeness (QED) is 0.837. The summed E-state index contributed by atoms with van der Waals surface area (Å²) < 4.78 is 1.49. The molecule has 7 nitrogen and oxygen atoms in total. The SMILES string of the molecule is O=C(CCn1cncn1)N[C@@H](C(=O)O)c1ccccc1Cl. The van der Waals surface area contributed by atoms with Crippen LogP contribution >= 0.6 is 11.6 Å². The van der Waals surface area contributed by atoms with Gasteiger partial charge in [0.05, 0.1) is 6.54 Å². The van der Waals surface area contributed by atoms with E-state index >= 15 is 0 Å². The number of aromatic nitrogens is 3. The van der Waals surface area contributed by atoms with Gasteiger partial charge >= 0.3 is 5.97 Å². The number of aliphatic carboxylic acids is 1. The molecule has 1 amide bonds. The van der Waals surface area contributed by atoms with Gasteiger partial charge in [0.25, 0.3) is 0 Å². The van der Waals surface area contributed by atoms with Crippen LogP contribution in [0.2, 0.25) is 5.02 Å². The zero-order valence-electron chi connectivity index (χ0n) is 10.9. The highest BCUT2D eigenvalue weighted by Crippen LogP contribution is 2.22. The molecule has 0 radical (unpaired) electrons. The first kappa shape index (κ1) is 15.0. The van der Waals surface area contributed by atoms with Crippen molar-refractivity contribution in [3.63, 3.8) is 0 Å². The Hall–Kier alpha value is -2.41. The fourth-order valence-electron chi connectivity index (χ4n) is 1.78. The van der Waals surface area contributed by atoms with E-state index in [0.717, 1.165) is 0 Å². The second kappa shape index (κ2) is 6.85.